The smallest absolute Gasteiger partial charge is 0.305 e. The van der Waals surface area contributed by atoms with E-state index in [2.05, 4.69) is 48.5 Å². The van der Waals surface area contributed by atoms with Crippen molar-refractivity contribution in [1.29, 1.82) is 0 Å². The van der Waals surface area contributed by atoms with Crippen LogP contribution in [-0.4, -0.2) is 12.6 Å². The zero-order valence-corrected chi connectivity index (χ0v) is 20.4. The van der Waals surface area contributed by atoms with E-state index in [0.29, 0.717) is 18.4 Å². The van der Waals surface area contributed by atoms with E-state index in [9.17, 15) is 4.79 Å². The highest BCUT2D eigenvalue weighted by Crippen LogP contribution is 2.64. The molecule has 1 heterocycles. The summed E-state index contributed by atoms with van der Waals surface area (Å²) in [5.74, 6) is 5.62. The molecular formula is C27H48O2. The summed E-state index contributed by atoms with van der Waals surface area (Å²) >= 11 is 0. The van der Waals surface area contributed by atoms with Crippen molar-refractivity contribution in [2.75, 3.05) is 6.61 Å². The molecule has 3 rings (SSSR count). The Morgan fingerprint density at radius 1 is 1.21 bits per heavy atom. The molecule has 2 saturated carbocycles. The summed E-state index contributed by atoms with van der Waals surface area (Å²) in [6.07, 6.45) is 10.8. The van der Waals surface area contributed by atoms with Crippen molar-refractivity contribution in [3.05, 3.63) is 0 Å². The van der Waals surface area contributed by atoms with Gasteiger partial charge in [0, 0.05) is 11.8 Å². The molecule has 3 aliphatic rings. The molecular weight excluding hydrogens is 356 g/mol. The first kappa shape index (κ1) is 23.1. The zero-order chi connectivity index (χ0) is 21.4. The summed E-state index contributed by atoms with van der Waals surface area (Å²) in [5.41, 5.74) is 0.599. The maximum absolute atomic E-state index is 12.2. The highest BCUT2D eigenvalue weighted by Gasteiger charge is 2.58. The van der Waals surface area contributed by atoms with Gasteiger partial charge in [0.1, 0.15) is 0 Å². The molecule has 0 N–H and O–H groups in total. The molecule has 2 nitrogen and oxygen atoms in total. The lowest BCUT2D eigenvalue weighted by molar-refractivity contribution is -0.155. The summed E-state index contributed by atoms with van der Waals surface area (Å²) in [5, 5.41) is 0. The van der Waals surface area contributed by atoms with Gasteiger partial charge in [-0.25, -0.2) is 0 Å². The fourth-order valence-electron chi connectivity index (χ4n) is 7.36. The second-order valence-electron chi connectivity index (χ2n) is 12.2. The number of fused-ring (bicyclic) bond motifs is 3. The van der Waals surface area contributed by atoms with Gasteiger partial charge in [-0.3, -0.25) is 4.79 Å². The lowest BCUT2D eigenvalue weighted by Crippen LogP contribution is -2.51. The normalized spacial score (nSPS) is 40.0. The van der Waals surface area contributed by atoms with Crippen LogP contribution in [0.2, 0.25) is 0 Å². The minimum absolute atomic E-state index is 0.0446. The number of cyclic esters (lactones) is 1. The summed E-state index contributed by atoms with van der Waals surface area (Å²) in [6.45, 7) is 17.9. The van der Waals surface area contributed by atoms with Gasteiger partial charge in [0.2, 0.25) is 0 Å². The van der Waals surface area contributed by atoms with E-state index in [-0.39, 0.29) is 11.4 Å². The first-order chi connectivity index (χ1) is 13.6. The van der Waals surface area contributed by atoms with Crippen LogP contribution in [0.4, 0.5) is 0 Å². The molecule has 0 aromatic rings. The van der Waals surface area contributed by atoms with Gasteiger partial charge in [0.25, 0.3) is 0 Å². The number of ether oxygens (including phenoxy) is 1. The monoisotopic (exact) mass is 404 g/mol. The number of carbonyl (C=O) groups is 1. The summed E-state index contributed by atoms with van der Waals surface area (Å²) in [7, 11) is 0. The Kier molecular flexibility index (Phi) is 7.11. The molecule has 29 heavy (non-hydrogen) atoms. The van der Waals surface area contributed by atoms with Crippen LogP contribution in [0.5, 0.6) is 0 Å². The van der Waals surface area contributed by atoms with Crippen molar-refractivity contribution in [2.24, 2.45) is 52.3 Å². The molecule has 2 aliphatic carbocycles. The number of carbonyl (C=O) groups excluding carboxylic acids is 1. The van der Waals surface area contributed by atoms with Gasteiger partial charge in [-0.15, -0.1) is 0 Å². The maximum atomic E-state index is 12.2. The Balaban J connectivity index is 1.90. The molecule has 7 unspecified atom stereocenters. The van der Waals surface area contributed by atoms with Crippen LogP contribution in [-0.2, 0) is 9.53 Å². The van der Waals surface area contributed by atoms with E-state index in [1.807, 2.05) is 0 Å². The number of hydrogen-bond acceptors (Lipinski definition) is 2. The first-order valence-electron chi connectivity index (χ1n) is 12.8. The van der Waals surface area contributed by atoms with Crippen molar-refractivity contribution in [2.45, 2.75) is 106 Å². The van der Waals surface area contributed by atoms with Crippen molar-refractivity contribution in [3.63, 3.8) is 0 Å². The second kappa shape index (κ2) is 8.91. The minimum atomic E-state index is 0.0446. The third kappa shape index (κ3) is 4.72. The molecule has 1 aliphatic heterocycles. The topological polar surface area (TPSA) is 26.3 Å². The Hall–Kier alpha value is -0.530. The Labute approximate surface area is 180 Å². The van der Waals surface area contributed by atoms with Crippen molar-refractivity contribution in [1.82, 2.24) is 0 Å². The van der Waals surface area contributed by atoms with Gasteiger partial charge < -0.3 is 4.74 Å². The Bertz CT molecular complexity index is 567. The standard InChI is InChI=1S/C27H48O2/c1-8-21-23(27(7,19(4)5)15-12-18(2)3)13-14-26(6)17-29-24(28)11-9-10-20-16-22(20)25(21)26/h18-23,25H,8-17H2,1-7H3. The molecule has 0 bridgehead atoms. The lowest BCUT2D eigenvalue weighted by atomic mass is 9.49. The molecule has 2 heteroatoms. The van der Waals surface area contributed by atoms with E-state index in [1.54, 1.807) is 0 Å². The predicted molar refractivity (Wildman–Crippen MR) is 122 cm³/mol. The summed E-state index contributed by atoms with van der Waals surface area (Å²) in [4.78, 5) is 12.2. The van der Waals surface area contributed by atoms with Gasteiger partial charge in [-0.05, 0) is 85.4 Å². The summed E-state index contributed by atoms with van der Waals surface area (Å²) < 4.78 is 5.86. The minimum Gasteiger partial charge on any atom is -0.465 e. The molecule has 0 aromatic carbocycles. The van der Waals surface area contributed by atoms with Crippen LogP contribution in [0, 0.1) is 52.3 Å². The number of esters is 1. The van der Waals surface area contributed by atoms with Crippen LogP contribution >= 0.6 is 0 Å². The zero-order valence-electron chi connectivity index (χ0n) is 20.4. The van der Waals surface area contributed by atoms with Crippen LogP contribution in [0.15, 0.2) is 0 Å². The average molecular weight is 405 g/mol. The van der Waals surface area contributed by atoms with Gasteiger partial charge in [0.15, 0.2) is 0 Å². The average Bonchev–Trinajstić information content (AvgIpc) is 3.42. The molecule has 0 spiro atoms. The Morgan fingerprint density at radius 3 is 2.55 bits per heavy atom. The van der Waals surface area contributed by atoms with E-state index >= 15 is 0 Å². The molecule has 7 atom stereocenters. The highest BCUT2D eigenvalue weighted by molar-refractivity contribution is 5.69. The SMILES string of the molecule is CCC1C2C3CC3CCCC(=O)OCC2(C)CCC1C(C)(CCC(C)C)C(C)C. The van der Waals surface area contributed by atoms with Crippen molar-refractivity contribution < 1.29 is 9.53 Å². The van der Waals surface area contributed by atoms with Crippen LogP contribution in [0.3, 0.4) is 0 Å². The quantitative estimate of drug-likeness (QED) is 0.428. The van der Waals surface area contributed by atoms with Gasteiger partial charge >= 0.3 is 5.97 Å². The number of rotatable bonds is 6. The molecule has 0 radical (unpaired) electrons. The fraction of sp³-hybridized carbons (Fsp3) is 0.963. The third-order valence-corrected chi connectivity index (χ3v) is 9.66. The van der Waals surface area contributed by atoms with Crippen molar-refractivity contribution in [3.8, 4) is 0 Å². The van der Waals surface area contributed by atoms with Gasteiger partial charge in [0.05, 0.1) is 6.61 Å². The van der Waals surface area contributed by atoms with E-state index in [4.69, 9.17) is 4.74 Å². The summed E-state index contributed by atoms with van der Waals surface area (Å²) in [6, 6.07) is 0. The van der Waals surface area contributed by atoms with Crippen LogP contribution in [0.1, 0.15) is 106 Å². The van der Waals surface area contributed by atoms with Crippen LogP contribution < -0.4 is 0 Å². The highest BCUT2D eigenvalue weighted by atomic mass is 16.5. The fourth-order valence-corrected chi connectivity index (χ4v) is 7.36. The third-order valence-electron chi connectivity index (χ3n) is 9.66. The molecule has 1 saturated heterocycles. The van der Waals surface area contributed by atoms with E-state index < -0.39 is 0 Å². The first-order valence-corrected chi connectivity index (χ1v) is 12.8. The Morgan fingerprint density at radius 2 is 1.93 bits per heavy atom. The molecule has 0 amide bonds. The predicted octanol–water partition coefficient (Wildman–Crippen LogP) is 7.51. The molecule has 0 aromatic heterocycles. The van der Waals surface area contributed by atoms with E-state index in [1.165, 1.54) is 44.9 Å². The largest absolute Gasteiger partial charge is 0.465 e. The van der Waals surface area contributed by atoms with Crippen molar-refractivity contribution >= 4 is 5.97 Å². The molecule has 3 fully saturated rings. The maximum Gasteiger partial charge on any atom is 0.305 e. The van der Waals surface area contributed by atoms with Gasteiger partial charge in [-0.1, -0.05) is 61.3 Å². The molecule has 168 valence electrons. The second-order valence-corrected chi connectivity index (χ2v) is 12.2. The van der Waals surface area contributed by atoms with Gasteiger partial charge in [-0.2, -0.15) is 0 Å². The van der Waals surface area contributed by atoms with E-state index in [0.717, 1.165) is 47.8 Å². The lowest BCUT2D eigenvalue weighted by Gasteiger charge is -2.56. The number of hydrogen-bond donors (Lipinski definition) is 0. The van der Waals surface area contributed by atoms with Crippen LogP contribution in [0.25, 0.3) is 0 Å².